The molecule has 160 valence electrons. The van der Waals surface area contributed by atoms with Gasteiger partial charge in [0, 0.05) is 25.0 Å². The molecule has 3 heterocycles. The Kier molecular flexibility index (Phi) is 6.20. The van der Waals surface area contributed by atoms with Crippen LogP contribution in [0.5, 0.6) is 11.6 Å². The van der Waals surface area contributed by atoms with Crippen LogP contribution in [0.4, 0.5) is 5.82 Å². The molecule has 3 aromatic rings. The van der Waals surface area contributed by atoms with E-state index in [-0.39, 0.29) is 6.04 Å². The summed E-state index contributed by atoms with van der Waals surface area (Å²) in [4.78, 5) is 19.7. The normalized spacial score (nSPS) is 15.2. The summed E-state index contributed by atoms with van der Waals surface area (Å²) in [5, 5.41) is 18.8. The molecule has 1 fully saturated rings. The van der Waals surface area contributed by atoms with Crippen LogP contribution in [0, 0.1) is 29.6 Å². The van der Waals surface area contributed by atoms with E-state index in [2.05, 4.69) is 32.1 Å². The van der Waals surface area contributed by atoms with E-state index in [9.17, 15) is 10.5 Å². The Morgan fingerprint density at radius 1 is 1.19 bits per heavy atom. The minimum Gasteiger partial charge on any atom is -0.438 e. The molecule has 0 radical (unpaired) electrons. The molecule has 0 bridgehead atoms. The molecule has 0 saturated carbocycles. The van der Waals surface area contributed by atoms with Gasteiger partial charge in [-0.2, -0.15) is 15.5 Å². The third-order valence-electron chi connectivity index (χ3n) is 5.20. The van der Waals surface area contributed by atoms with E-state index in [0.717, 1.165) is 24.9 Å². The standard InChI is InChI=1S/C23H22N8O/c1-15-29-21(31-8-2-3-18(31)12-26)10-22(30-15)32-20-9-16(11-25)4-5-19(20)23-27-13-17(6-7-24)14-28-23/h4-5,9-10,13-14,18H,2-3,6-8,24H2,1H3/t18-/m0/s1. The Morgan fingerprint density at radius 3 is 2.72 bits per heavy atom. The smallest absolute Gasteiger partial charge is 0.224 e. The van der Waals surface area contributed by atoms with Gasteiger partial charge in [0.2, 0.25) is 5.88 Å². The zero-order valence-corrected chi connectivity index (χ0v) is 17.7. The number of benzene rings is 1. The van der Waals surface area contributed by atoms with E-state index in [1.807, 2.05) is 4.90 Å². The molecule has 1 aliphatic heterocycles. The van der Waals surface area contributed by atoms with Crippen LogP contribution in [-0.4, -0.2) is 39.1 Å². The molecule has 0 unspecified atom stereocenters. The Balaban J connectivity index is 1.70. The van der Waals surface area contributed by atoms with Crippen molar-refractivity contribution >= 4 is 5.82 Å². The number of nitriles is 2. The molecule has 2 aromatic heterocycles. The van der Waals surface area contributed by atoms with Crippen molar-refractivity contribution in [2.75, 3.05) is 18.0 Å². The van der Waals surface area contributed by atoms with E-state index < -0.39 is 0 Å². The van der Waals surface area contributed by atoms with Crippen molar-refractivity contribution < 1.29 is 4.74 Å². The monoisotopic (exact) mass is 426 g/mol. The average molecular weight is 426 g/mol. The zero-order chi connectivity index (χ0) is 22.5. The second kappa shape index (κ2) is 9.38. The first-order chi connectivity index (χ1) is 15.6. The molecular formula is C23H22N8O. The van der Waals surface area contributed by atoms with Crippen LogP contribution in [0.1, 0.15) is 29.8 Å². The van der Waals surface area contributed by atoms with Crippen LogP contribution in [0.15, 0.2) is 36.7 Å². The fraction of sp³-hybridized carbons (Fsp3) is 0.304. The van der Waals surface area contributed by atoms with Crippen LogP contribution in [0.3, 0.4) is 0 Å². The van der Waals surface area contributed by atoms with Gasteiger partial charge in [-0.3, -0.25) is 0 Å². The minimum absolute atomic E-state index is 0.213. The number of ether oxygens (including phenoxy) is 1. The quantitative estimate of drug-likeness (QED) is 0.630. The number of hydrogen-bond donors (Lipinski definition) is 1. The van der Waals surface area contributed by atoms with E-state index >= 15 is 0 Å². The Labute approximate surface area is 186 Å². The van der Waals surface area contributed by atoms with Crippen molar-refractivity contribution in [1.82, 2.24) is 19.9 Å². The van der Waals surface area contributed by atoms with Gasteiger partial charge in [-0.1, -0.05) is 0 Å². The molecule has 1 aromatic carbocycles. The largest absolute Gasteiger partial charge is 0.438 e. The van der Waals surface area contributed by atoms with Gasteiger partial charge < -0.3 is 15.4 Å². The van der Waals surface area contributed by atoms with Crippen molar-refractivity contribution in [2.24, 2.45) is 5.73 Å². The highest BCUT2D eigenvalue weighted by molar-refractivity contribution is 5.66. The van der Waals surface area contributed by atoms with Crippen molar-refractivity contribution in [1.29, 1.82) is 10.5 Å². The molecule has 0 amide bonds. The first-order valence-corrected chi connectivity index (χ1v) is 10.4. The molecule has 1 aliphatic rings. The topological polar surface area (TPSA) is 138 Å². The number of nitrogens with two attached hydrogens (primary N) is 1. The maximum Gasteiger partial charge on any atom is 0.224 e. The Morgan fingerprint density at radius 2 is 2.00 bits per heavy atom. The summed E-state index contributed by atoms with van der Waals surface area (Å²) >= 11 is 0. The van der Waals surface area contributed by atoms with Gasteiger partial charge in [-0.05, 0) is 56.5 Å². The molecule has 32 heavy (non-hydrogen) atoms. The number of aromatic nitrogens is 4. The maximum atomic E-state index is 9.43. The highest BCUT2D eigenvalue weighted by Crippen LogP contribution is 2.33. The van der Waals surface area contributed by atoms with Crippen LogP contribution < -0.4 is 15.4 Å². The van der Waals surface area contributed by atoms with Crippen LogP contribution in [-0.2, 0) is 6.42 Å². The van der Waals surface area contributed by atoms with Gasteiger partial charge in [-0.25, -0.2) is 15.0 Å². The molecule has 9 heteroatoms. The molecule has 4 rings (SSSR count). The van der Waals surface area contributed by atoms with E-state index in [1.54, 1.807) is 43.6 Å². The van der Waals surface area contributed by atoms with Crippen molar-refractivity contribution in [3.8, 4) is 35.2 Å². The highest BCUT2D eigenvalue weighted by Gasteiger charge is 2.26. The molecule has 0 spiro atoms. The Hall–Kier alpha value is -4.08. The SMILES string of the molecule is Cc1nc(Oc2cc(C#N)ccc2-c2ncc(CCN)cn2)cc(N2CCC[C@H]2C#N)n1. The van der Waals surface area contributed by atoms with Crippen LogP contribution >= 0.6 is 0 Å². The molecule has 9 nitrogen and oxygen atoms in total. The van der Waals surface area contributed by atoms with Gasteiger partial charge in [-0.15, -0.1) is 0 Å². The van der Waals surface area contributed by atoms with E-state index in [1.165, 1.54) is 0 Å². The lowest BCUT2D eigenvalue weighted by Crippen LogP contribution is -2.28. The minimum atomic E-state index is -0.213. The lowest BCUT2D eigenvalue weighted by atomic mass is 10.1. The summed E-state index contributed by atoms with van der Waals surface area (Å²) < 4.78 is 6.12. The van der Waals surface area contributed by atoms with Gasteiger partial charge in [0.1, 0.15) is 23.4 Å². The first-order valence-electron chi connectivity index (χ1n) is 10.4. The predicted octanol–water partition coefficient (Wildman–Crippen LogP) is 2.90. The van der Waals surface area contributed by atoms with Crippen molar-refractivity contribution in [3.63, 3.8) is 0 Å². The summed E-state index contributed by atoms with van der Waals surface area (Å²) in [6, 6.07) is 11.0. The molecule has 2 N–H and O–H groups in total. The fourth-order valence-corrected chi connectivity index (χ4v) is 3.66. The lowest BCUT2D eigenvalue weighted by molar-refractivity contribution is 0.460. The maximum absolute atomic E-state index is 9.43. The van der Waals surface area contributed by atoms with Crippen molar-refractivity contribution in [2.45, 2.75) is 32.2 Å². The second-order valence-electron chi connectivity index (χ2n) is 7.47. The van der Waals surface area contributed by atoms with Crippen molar-refractivity contribution in [3.05, 3.63) is 53.6 Å². The van der Waals surface area contributed by atoms with Gasteiger partial charge in [0.25, 0.3) is 0 Å². The molecule has 1 atom stereocenters. The molecular weight excluding hydrogens is 404 g/mol. The summed E-state index contributed by atoms with van der Waals surface area (Å²) in [6.45, 7) is 3.05. The molecule has 1 saturated heterocycles. The highest BCUT2D eigenvalue weighted by atomic mass is 16.5. The lowest BCUT2D eigenvalue weighted by Gasteiger charge is -2.21. The number of nitrogens with zero attached hydrogens (tertiary/aromatic N) is 7. The summed E-state index contributed by atoms with van der Waals surface area (Å²) in [5.41, 5.74) is 7.62. The zero-order valence-electron chi connectivity index (χ0n) is 17.7. The third-order valence-corrected chi connectivity index (χ3v) is 5.20. The van der Waals surface area contributed by atoms with E-state index in [0.29, 0.717) is 53.2 Å². The van der Waals surface area contributed by atoms with Crippen LogP contribution in [0.2, 0.25) is 0 Å². The Bertz CT molecular complexity index is 1200. The number of hydrogen-bond acceptors (Lipinski definition) is 9. The summed E-state index contributed by atoms with van der Waals surface area (Å²) in [6.07, 6.45) is 5.91. The van der Waals surface area contributed by atoms with Gasteiger partial charge >= 0.3 is 0 Å². The summed E-state index contributed by atoms with van der Waals surface area (Å²) in [5.74, 6) is 2.39. The fourth-order valence-electron chi connectivity index (χ4n) is 3.66. The third kappa shape index (κ3) is 4.48. The number of aryl methyl sites for hydroxylation is 1. The van der Waals surface area contributed by atoms with Gasteiger partial charge in [0.15, 0.2) is 5.82 Å². The summed E-state index contributed by atoms with van der Waals surface area (Å²) in [7, 11) is 0. The molecule has 0 aliphatic carbocycles. The first kappa shape index (κ1) is 21.2. The number of anilines is 1. The van der Waals surface area contributed by atoms with Crippen LogP contribution in [0.25, 0.3) is 11.4 Å². The predicted molar refractivity (Wildman–Crippen MR) is 118 cm³/mol. The van der Waals surface area contributed by atoms with Gasteiger partial charge in [0.05, 0.1) is 23.3 Å². The second-order valence-corrected chi connectivity index (χ2v) is 7.47. The number of rotatable bonds is 6. The average Bonchev–Trinajstić information content (AvgIpc) is 3.29. The van der Waals surface area contributed by atoms with E-state index in [4.69, 9.17) is 10.5 Å².